The molecule has 0 amide bonds. The molecule has 7 atom stereocenters. The van der Waals surface area contributed by atoms with E-state index in [1.54, 1.807) is 32.1 Å². The van der Waals surface area contributed by atoms with Gasteiger partial charge >= 0.3 is 5.97 Å². The first kappa shape index (κ1) is 27.0. The van der Waals surface area contributed by atoms with Crippen molar-refractivity contribution in [3.8, 4) is 0 Å². The molecule has 0 aromatic carbocycles. The van der Waals surface area contributed by atoms with E-state index in [9.17, 15) is 19.8 Å². The molecule has 1 aromatic rings. The summed E-state index contributed by atoms with van der Waals surface area (Å²) in [7, 11) is 0. The number of carbonyl (C=O) groups is 2. The van der Waals surface area contributed by atoms with Crippen molar-refractivity contribution in [2.24, 2.45) is 29.1 Å². The molecule has 2 aliphatic rings. The molecule has 1 aliphatic heterocycles. The van der Waals surface area contributed by atoms with Crippen molar-refractivity contribution in [2.45, 2.75) is 98.4 Å². The zero-order valence-electron chi connectivity index (χ0n) is 21.4. The summed E-state index contributed by atoms with van der Waals surface area (Å²) in [5, 5.41) is 24.6. The lowest BCUT2D eigenvalue weighted by molar-refractivity contribution is -0.154. The van der Waals surface area contributed by atoms with E-state index < -0.39 is 29.5 Å². The van der Waals surface area contributed by atoms with E-state index >= 15 is 0 Å². The minimum atomic E-state index is -1.19. The molecule has 2 fully saturated rings. The van der Waals surface area contributed by atoms with Crippen LogP contribution in [0.4, 0.5) is 0 Å². The van der Waals surface area contributed by atoms with E-state index in [0.29, 0.717) is 11.8 Å². The number of Topliss-reactive ketones (excluding diaryl/α,β-unsaturated/α-hetero) is 1. The molecule has 3 rings (SSSR count). The zero-order valence-corrected chi connectivity index (χ0v) is 22.2. The highest BCUT2D eigenvalue weighted by atomic mass is 32.1. The summed E-state index contributed by atoms with van der Waals surface area (Å²) in [6.45, 7) is 10.9. The van der Waals surface area contributed by atoms with Crippen LogP contribution < -0.4 is 0 Å². The number of thiazole rings is 1. The lowest BCUT2D eigenvalue weighted by Gasteiger charge is -2.34. The van der Waals surface area contributed by atoms with Gasteiger partial charge < -0.3 is 14.9 Å². The molecule has 1 unspecified atom stereocenters. The first-order chi connectivity index (χ1) is 15.9. The van der Waals surface area contributed by atoms with Crippen LogP contribution in [0.25, 0.3) is 6.08 Å². The Balaban J connectivity index is 1.81. The number of cyclic esters (lactones) is 1. The Hall–Kier alpha value is -1.57. The maximum absolute atomic E-state index is 13.2. The Bertz CT molecular complexity index is 907. The van der Waals surface area contributed by atoms with Gasteiger partial charge in [0.2, 0.25) is 0 Å². The van der Waals surface area contributed by atoms with E-state index in [1.165, 1.54) is 0 Å². The molecule has 7 heteroatoms. The number of fused-ring (bicyclic) bond motifs is 1. The maximum Gasteiger partial charge on any atom is 0.309 e. The van der Waals surface area contributed by atoms with Crippen LogP contribution in [-0.4, -0.2) is 45.3 Å². The van der Waals surface area contributed by atoms with Crippen LogP contribution in [0.5, 0.6) is 0 Å². The summed E-state index contributed by atoms with van der Waals surface area (Å²) in [6, 6.07) is 0. The van der Waals surface area contributed by atoms with Crippen molar-refractivity contribution in [3.63, 3.8) is 0 Å². The molecule has 2 heterocycles. The predicted molar refractivity (Wildman–Crippen MR) is 134 cm³/mol. The number of ketones is 1. The minimum Gasteiger partial charge on any atom is -0.458 e. The number of rotatable bonds is 2. The number of ether oxygens (including phenoxy) is 1. The first-order valence-corrected chi connectivity index (χ1v) is 13.5. The van der Waals surface area contributed by atoms with Gasteiger partial charge in [0, 0.05) is 11.3 Å². The quantitative estimate of drug-likeness (QED) is 0.568. The SMILES string of the molecule is C/C(=C\c1csc(C)n1)C1C[C@@H]2C[C@@H]2CCC[C@H](C)[C@H](O)[C@@H](C)C(=O)C(C)(C)[C@@H](O)CC(=O)O1. The molecule has 1 aliphatic carbocycles. The van der Waals surface area contributed by atoms with Crippen LogP contribution in [0, 0.1) is 36.0 Å². The summed E-state index contributed by atoms with van der Waals surface area (Å²) in [4.78, 5) is 30.6. The number of esters is 1. The number of aryl methyl sites for hydroxylation is 1. The van der Waals surface area contributed by atoms with Crippen LogP contribution in [-0.2, 0) is 14.3 Å². The highest BCUT2D eigenvalue weighted by Crippen LogP contribution is 2.47. The van der Waals surface area contributed by atoms with Crippen LogP contribution >= 0.6 is 11.3 Å². The van der Waals surface area contributed by atoms with E-state index in [2.05, 4.69) is 4.98 Å². The summed E-state index contributed by atoms with van der Waals surface area (Å²) < 4.78 is 5.90. The van der Waals surface area contributed by atoms with Gasteiger partial charge in [0.15, 0.2) is 0 Å². The molecule has 2 N–H and O–H groups in total. The van der Waals surface area contributed by atoms with E-state index in [0.717, 1.165) is 48.4 Å². The van der Waals surface area contributed by atoms with Crippen LogP contribution in [0.3, 0.4) is 0 Å². The lowest BCUT2D eigenvalue weighted by atomic mass is 9.73. The Kier molecular flexibility index (Phi) is 8.75. The van der Waals surface area contributed by atoms with Crippen LogP contribution in [0.15, 0.2) is 11.0 Å². The molecule has 0 radical (unpaired) electrons. The van der Waals surface area contributed by atoms with Gasteiger partial charge in [0.1, 0.15) is 11.9 Å². The fraction of sp³-hybridized carbons (Fsp3) is 0.741. The van der Waals surface area contributed by atoms with Crippen molar-refractivity contribution >= 4 is 29.2 Å². The topological polar surface area (TPSA) is 96.7 Å². The lowest BCUT2D eigenvalue weighted by Crippen LogP contribution is -2.45. The largest absolute Gasteiger partial charge is 0.458 e. The van der Waals surface area contributed by atoms with Gasteiger partial charge in [0.05, 0.1) is 34.7 Å². The van der Waals surface area contributed by atoms with Crippen molar-refractivity contribution in [1.29, 1.82) is 0 Å². The number of aromatic nitrogens is 1. The van der Waals surface area contributed by atoms with Gasteiger partial charge in [-0.3, -0.25) is 9.59 Å². The zero-order chi connectivity index (χ0) is 25.2. The second kappa shape index (κ2) is 11.0. The first-order valence-electron chi connectivity index (χ1n) is 12.6. The van der Waals surface area contributed by atoms with Crippen molar-refractivity contribution < 1.29 is 24.5 Å². The van der Waals surface area contributed by atoms with Gasteiger partial charge in [-0.2, -0.15) is 0 Å². The average Bonchev–Trinajstić information content (AvgIpc) is 3.38. The van der Waals surface area contributed by atoms with Crippen LogP contribution in [0.2, 0.25) is 0 Å². The molecule has 34 heavy (non-hydrogen) atoms. The fourth-order valence-electron chi connectivity index (χ4n) is 5.22. The summed E-state index contributed by atoms with van der Waals surface area (Å²) in [5.74, 6) is -0.234. The highest BCUT2D eigenvalue weighted by molar-refractivity contribution is 7.09. The van der Waals surface area contributed by atoms with Gasteiger partial charge in [0.25, 0.3) is 0 Å². The standard InChI is InChI=1S/C27H41NO5S/c1-15-8-7-9-19-11-20(19)12-22(16(2)10-21-14-34-18(4)28-21)33-24(30)13-23(29)27(5,6)26(32)17(3)25(15)31/h10,14-15,17,19-20,22-23,25,29,31H,7-9,11-13H2,1-6H3/b16-10+/t15-,17+,19-,20-,22?,23-,25-/m0/s1. The molecular formula is C27H41NO5S. The minimum absolute atomic E-state index is 0.00135. The number of hydrogen-bond donors (Lipinski definition) is 2. The van der Waals surface area contributed by atoms with Gasteiger partial charge in [-0.1, -0.05) is 40.5 Å². The van der Waals surface area contributed by atoms with Gasteiger partial charge in [-0.05, 0) is 62.5 Å². The molecule has 0 spiro atoms. The molecular weight excluding hydrogens is 450 g/mol. The third-order valence-electron chi connectivity index (χ3n) is 7.95. The summed E-state index contributed by atoms with van der Waals surface area (Å²) in [5.41, 5.74) is 0.639. The normalized spacial score (nSPS) is 36.0. The van der Waals surface area contributed by atoms with E-state index in [-0.39, 0.29) is 24.2 Å². The summed E-state index contributed by atoms with van der Waals surface area (Å²) in [6.07, 6.45) is 4.23. The number of carbonyl (C=O) groups excluding carboxylic acids is 2. The Morgan fingerprint density at radius 2 is 1.88 bits per heavy atom. The number of hydrogen-bond acceptors (Lipinski definition) is 7. The van der Waals surface area contributed by atoms with E-state index in [4.69, 9.17) is 4.74 Å². The molecule has 0 bridgehead atoms. The van der Waals surface area contributed by atoms with Crippen molar-refractivity contribution in [1.82, 2.24) is 4.98 Å². The predicted octanol–water partition coefficient (Wildman–Crippen LogP) is 4.96. The van der Waals surface area contributed by atoms with Gasteiger partial charge in [-0.15, -0.1) is 11.3 Å². The molecule has 190 valence electrons. The number of aliphatic hydroxyl groups is 2. The summed E-state index contributed by atoms with van der Waals surface area (Å²) >= 11 is 1.58. The average molecular weight is 492 g/mol. The fourth-order valence-corrected chi connectivity index (χ4v) is 5.79. The van der Waals surface area contributed by atoms with Crippen LogP contribution in [0.1, 0.15) is 83.8 Å². The Morgan fingerprint density at radius 1 is 1.18 bits per heavy atom. The number of aliphatic hydroxyl groups excluding tert-OH is 2. The van der Waals surface area contributed by atoms with E-state index in [1.807, 2.05) is 32.2 Å². The highest BCUT2D eigenvalue weighted by Gasteiger charge is 2.43. The second-order valence-corrected chi connectivity index (χ2v) is 12.2. The van der Waals surface area contributed by atoms with Gasteiger partial charge in [-0.25, -0.2) is 4.98 Å². The Morgan fingerprint density at radius 3 is 2.53 bits per heavy atom. The smallest absolute Gasteiger partial charge is 0.309 e. The maximum atomic E-state index is 13.2. The molecule has 6 nitrogen and oxygen atoms in total. The third kappa shape index (κ3) is 6.55. The molecule has 1 saturated heterocycles. The third-order valence-corrected chi connectivity index (χ3v) is 8.74. The second-order valence-electron chi connectivity index (χ2n) is 11.1. The Labute approximate surface area is 207 Å². The van der Waals surface area contributed by atoms with Crippen molar-refractivity contribution in [3.05, 3.63) is 21.7 Å². The monoisotopic (exact) mass is 491 g/mol. The molecule has 1 saturated carbocycles. The number of nitrogens with zero attached hydrogens (tertiary/aromatic N) is 1. The molecule has 1 aromatic heterocycles. The van der Waals surface area contributed by atoms with Crippen molar-refractivity contribution in [2.75, 3.05) is 0 Å².